The van der Waals surface area contributed by atoms with E-state index in [-0.39, 0.29) is 6.10 Å². The number of nitrogens with two attached hydrogens (primary N) is 2. The van der Waals surface area contributed by atoms with E-state index in [0.717, 1.165) is 44.3 Å². The lowest BCUT2D eigenvalue weighted by Crippen LogP contribution is -2.22. The Balaban J connectivity index is 1.76. The summed E-state index contributed by atoms with van der Waals surface area (Å²) in [6.45, 7) is 1.34. The van der Waals surface area contributed by atoms with Crippen molar-refractivity contribution < 1.29 is 9.53 Å². The molecule has 26 heavy (non-hydrogen) atoms. The van der Waals surface area contributed by atoms with Crippen molar-refractivity contribution in [1.82, 2.24) is 0 Å². The van der Waals surface area contributed by atoms with E-state index in [1.807, 2.05) is 6.07 Å². The number of hydrogen-bond donors (Lipinski definition) is 2. The molecule has 4 N–H and O–H groups in total. The number of amides is 1. The first-order chi connectivity index (χ1) is 12.7. The van der Waals surface area contributed by atoms with E-state index < -0.39 is 5.91 Å². The molecular formula is C20H24N4O2. The fourth-order valence-corrected chi connectivity index (χ4v) is 2.84. The summed E-state index contributed by atoms with van der Waals surface area (Å²) in [7, 11) is 0. The van der Waals surface area contributed by atoms with E-state index in [4.69, 9.17) is 16.3 Å². The van der Waals surface area contributed by atoms with Crippen LogP contribution in [-0.2, 0) is 4.74 Å². The van der Waals surface area contributed by atoms with Crippen LogP contribution in [0.4, 0.5) is 0 Å². The van der Waals surface area contributed by atoms with Crippen molar-refractivity contribution in [3.05, 3.63) is 34.9 Å². The van der Waals surface area contributed by atoms with Gasteiger partial charge in [0.25, 0.3) is 0 Å². The molecule has 1 saturated carbocycles. The molecule has 0 radical (unpaired) electrons. The molecule has 3 rings (SSSR count). The van der Waals surface area contributed by atoms with E-state index in [1.165, 1.54) is 0 Å². The van der Waals surface area contributed by atoms with Gasteiger partial charge >= 0.3 is 0 Å². The Morgan fingerprint density at radius 3 is 2.77 bits per heavy atom. The molecule has 1 aliphatic carbocycles. The van der Waals surface area contributed by atoms with Crippen LogP contribution < -0.4 is 11.6 Å². The van der Waals surface area contributed by atoms with Crippen molar-refractivity contribution in [3.63, 3.8) is 0 Å². The second-order valence-electron chi connectivity index (χ2n) is 6.67. The van der Waals surface area contributed by atoms with Gasteiger partial charge in [-0.1, -0.05) is 17.9 Å². The fraction of sp³-hybridized carbons (Fsp3) is 0.450. The maximum absolute atomic E-state index is 11.9. The summed E-state index contributed by atoms with van der Waals surface area (Å²) in [4.78, 5) is 16.3. The zero-order valence-electron chi connectivity index (χ0n) is 14.8. The first-order valence-electron chi connectivity index (χ1n) is 9.02. The minimum atomic E-state index is -0.541. The van der Waals surface area contributed by atoms with Crippen molar-refractivity contribution in [2.24, 2.45) is 27.6 Å². The predicted octanol–water partition coefficient (Wildman–Crippen LogP) is 1.85. The zero-order chi connectivity index (χ0) is 18.4. The topological polar surface area (TPSA) is 103 Å². The Morgan fingerprint density at radius 2 is 2.12 bits per heavy atom. The van der Waals surface area contributed by atoms with Gasteiger partial charge in [-0.05, 0) is 44.2 Å². The second kappa shape index (κ2) is 8.63. The van der Waals surface area contributed by atoms with Crippen molar-refractivity contribution in [2.45, 2.75) is 38.2 Å². The molecule has 2 fully saturated rings. The number of nitrogens with zero attached hydrogens (tertiary/aromatic N) is 2. The molecule has 136 valence electrons. The van der Waals surface area contributed by atoms with Crippen molar-refractivity contribution >= 4 is 17.8 Å². The molecule has 1 atom stereocenters. The standard InChI is InChI=1S/C20H24N4O2/c21-20(25)18-11-15(7-6-14-4-5-14)8-9-17(18)19(24-22)13-23-12-16-3-1-2-10-26-16/h8-9,11,13-14,16H,1-5,10,12,22H2,(H2,21,25)/b23-13?,24-19+. The molecule has 0 aromatic heterocycles. The summed E-state index contributed by atoms with van der Waals surface area (Å²) >= 11 is 0. The quantitative estimate of drug-likeness (QED) is 0.366. The lowest BCUT2D eigenvalue weighted by atomic mass is 10.00. The van der Waals surface area contributed by atoms with E-state index in [0.29, 0.717) is 29.3 Å². The van der Waals surface area contributed by atoms with Gasteiger partial charge in [-0.2, -0.15) is 5.10 Å². The smallest absolute Gasteiger partial charge is 0.249 e. The largest absolute Gasteiger partial charge is 0.376 e. The van der Waals surface area contributed by atoms with Gasteiger partial charge in [-0.3, -0.25) is 9.79 Å². The summed E-state index contributed by atoms with van der Waals surface area (Å²) in [5.74, 6) is 11.7. The van der Waals surface area contributed by atoms with Gasteiger partial charge in [0.2, 0.25) is 5.91 Å². The molecule has 1 heterocycles. The Morgan fingerprint density at radius 1 is 1.27 bits per heavy atom. The highest BCUT2D eigenvalue weighted by Gasteiger charge is 2.18. The predicted molar refractivity (Wildman–Crippen MR) is 102 cm³/mol. The lowest BCUT2D eigenvalue weighted by Gasteiger charge is -2.20. The van der Waals surface area contributed by atoms with E-state index in [9.17, 15) is 4.79 Å². The highest BCUT2D eigenvalue weighted by molar-refractivity contribution is 6.39. The van der Waals surface area contributed by atoms with Crippen LogP contribution in [0.3, 0.4) is 0 Å². The second-order valence-corrected chi connectivity index (χ2v) is 6.67. The molecule has 1 saturated heterocycles. The summed E-state index contributed by atoms with van der Waals surface area (Å²) in [6, 6.07) is 5.31. The molecule has 0 spiro atoms. The Labute approximate surface area is 153 Å². The molecule has 0 bridgehead atoms. The summed E-state index contributed by atoms with van der Waals surface area (Å²) in [5, 5.41) is 3.78. The number of ether oxygens (including phenoxy) is 1. The number of carbonyl (C=O) groups excluding carboxylic acids is 1. The fourth-order valence-electron chi connectivity index (χ4n) is 2.84. The number of rotatable bonds is 5. The Kier molecular flexibility index (Phi) is 6.03. The maximum atomic E-state index is 11.9. The minimum Gasteiger partial charge on any atom is -0.376 e. The van der Waals surface area contributed by atoms with Gasteiger partial charge in [0.1, 0.15) is 5.71 Å². The van der Waals surface area contributed by atoms with Gasteiger partial charge in [0, 0.05) is 35.4 Å². The van der Waals surface area contributed by atoms with Crippen molar-refractivity contribution in [3.8, 4) is 11.8 Å². The summed E-state index contributed by atoms with van der Waals surface area (Å²) in [6.07, 6.45) is 7.29. The molecule has 1 aromatic carbocycles. The van der Waals surface area contributed by atoms with Gasteiger partial charge < -0.3 is 16.3 Å². The van der Waals surface area contributed by atoms with Gasteiger partial charge in [-0.15, -0.1) is 0 Å². The monoisotopic (exact) mass is 352 g/mol. The molecule has 1 unspecified atom stereocenters. The molecule has 6 nitrogen and oxygen atoms in total. The van der Waals surface area contributed by atoms with Gasteiger partial charge in [-0.25, -0.2) is 0 Å². The first kappa shape index (κ1) is 18.2. The third-order valence-electron chi connectivity index (χ3n) is 4.49. The van der Waals surface area contributed by atoms with Crippen molar-refractivity contribution in [2.75, 3.05) is 13.2 Å². The first-order valence-corrected chi connectivity index (χ1v) is 9.02. The highest BCUT2D eigenvalue weighted by atomic mass is 16.5. The summed E-state index contributed by atoms with van der Waals surface area (Å²) in [5.41, 5.74) is 7.62. The molecule has 1 aliphatic heterocycles. The van der Waals surface area contributed by atoms with Gasteiger partial charge in [0.05, 0.1) is 12.6 Å². The number of carbonyl (C=O) groups is 1. The van der Waals surface area contributed by atoms with Crippen LogP contribution in [0.15, 0.2) is 28.3 Å². The third-order valence-corrected chi connectivity index (χ3v) is 4.49. The Hall–Kier alpha value is -2.65. The zero-order valence-corrected chi connectivity index (χ0v) is 14.8. The van der Waals surface area contributed by atoms with Crippen LogP contribution in [0, 0.1) is 17.8 Å². The van der Waals surface area contributed by atoms with E-state index in [1.54, 1.807) is 18.3 Å². The molecular weight excluding hydrogens is 328 g/mol. The number of primary amides is 1. The van der Waals surface area contributed by atoms with Crippen LogP contribution in [-0.4, -0.2) is 37.1 Å². The average molecular weight is 352 g/mol. The van der Waals surface area contributed by atoms with Gasteiger partial charge in [0.15, 0.2) is 0 Å². The van der Waals surface area contributed by atoms with Crippen LogP contribution >= 0.6 is 0 Å². The normalized spacial score (nSPS) is 20.6. The number of hydrazone groups is 1. The Bertz CT molecular complexity index is 779. The number of aliphatic imine (C=N–C) groups is 1. The highest BCUT2D eigenvalue weighted by Crippen LogP contribution is 2.27. The molecule has 1 aromatic rings. The lowest BCUT2D eigenvalue weighted by molar-refractivity contribution is 0.0226. The van der Waals surface area contributed by atoms with Crippen LogP contribution in [0.1, 0.15) is 53.6 Å². The third kappa shape index (κ3) is 4.93. The van der Waals surface area contributed by atoms with Crippen LogP contribution in [0.2, 0.25) is 0 Å². The summed E-state index contributed by atoms with van der Waals surface area (Å²) < 4.78 is 5.65. The van der Waals surface area contributed by atoms with E-state index in [2.05, 4.69) is 21.9 Å². The number of benzene rings is 1. The minimum absolute atomic E-state index is 0.134. The molecule has 2 aliphatic rings. The average Bonchev–Trinajstić information content (AvgIpc) is 3.49. The molecule has 6 heteroatoms. The van der Waals surface area contributed by atoms with Crippen LogP contribution in [0.5, 0.6) is 0 Å². The molecule has 1 amide bonds. The van der Waals surface area contributed by atoms with Crippen molar-refractivity contribution in [1.29, 1.82) is 0 Å². The number of hydrogen-bond acceptors (Lipinski definition) is 5. The maximum Gasteiger partial charge on any atom is 0.249 e. The van der Waals surface area contributed by atoms with Crippen LogP contribution in [0.25, 0.3) is 0 Å². The van der Waals surface area contributed by atoms with E-state index >= 15 is 0 Å². The SMILES string of the molecule is N/N=C(\C=NCC1CCCCO1)c1ccc(C#CC2CC2)cc1C(N)=O.